The summed E-state index contributed by atoms with van der Waals surface area (Å²) in [6.07, 6.45) is 0. The van der Waals surface area contributed by atoms with E-state index in [-0.39, 0.29) is 0 Å². The van der Waals surface area contributed by atoms with Gasteiger partial charge in [0.25, 0.3) is 0 Å². The molecule has 5 heteroatoms. The molecule has 1 heterocycles. The Hall–Kier alpha value is -1.59. The molecular formula is C21H27ClN2O2. The van der Waals surface area contributed by atoms with Crippen LogP contribution in [0.25, 0.3) is 0 Å². The summed E-state index contributed by atoms with van der Waals surface area (Å²) >= 11 is 6.18. The summed E-state index contributed by atoms with van der Waals surface area (Å²) < 4.78 is 11.2. The van der Waals surface area contributed by atoms with Crippen molar-refractivity contribution in [3.63, 3.8) is 0 Å². The van der Waals surface area contributed by atoms with Gasteiger partial charge in [0.15, 0.2) is 0 Å². The maximum atomic E-state index is 6.18. The molecule has 0 unspecified atom stereocenters. The van der Waals surface area contributed by atoms with Crippen LogP contribution in [0, 0.1) is 6.92 Å². The van der Waals surface area contributed by atoms with Crippen LogP contribution in [0.5, 0.6) is 5.75 Å². The minimum absolute atomic E-state index is 0.595. The fourth-order valence-corrected chi connectivity index (χ4v) is 3.39. The molecule has 3 rings (SSSR count). The van der Waals surface area contributed by atoms with Gasteiger partial charge in [0.1, 0.15) is 12.4 Å². The minimum Gasteiger partial charge on any atom is -0.490 e. The van der Waals surface area contributed by atoms with Gasteiger partial charge in [0.05, 0.1) is 18.2 Å². The molecule has 1 aliphatic rings. The first-order chi connectivity index (χ1) is 12.7. The maximum absolute atomic E-state index is 6.18. The van der Waals surface area contributed by atoms with Crippen molar-refractivity contribution in [3.8, 4) is 5.75 Å². The molecular weight excluding hydrogens is 348 g/mol. The van der Waals surface area contributed by atoms with Crippen molar-refractivity contribution in [1.82, 2.24) is 10.2 Å². The van der Waals surface area contributed by atoms with Crippen LogP contribution >= 0.6 is 11.6 Å². The number of morpholine rings is 1. The van der Waals surface area contributed by atoms with E-state index in [9.17, 15) is 0 Å². The van der Waals surface area contributed by atoms with Crippen LogP contribution < -0.4 is 10.1 Å². The molecule has 0 spiro atoms. The lowest BCUT2D eigenvalue weighted by Crippen LogP contribution is -2.35. The van der Waals surface area contributed by atoms with Crippen molar-refractivity contribution in [2.24, 2.45) is 0 Å². The normalized spacial score (nSPS) is 15.2. The Morgan fingerprint density at radius 3 is 2.69 bits per heavy atom. The largest absolute Gasteiger partial charge is 0.490 e. The second-order valence-electron chi connectivity index (χ2n) is 6.62. The standard InChI is InChI=1S/C21H27ClN2O2/c1-17-4-2-7-20(22)21(17)26-11-8-23-15-18-5-3-6-19(14-18)16-24-9-12-25-13-10-24/h2-7,14,23H,8-13,15-16H2,1H3. The predicted molar refractivity (Wildman–Crippen MR) is 106 cm³/mol. The van der Waals surface area contributed by atoms with Crippen molar-refractivity contribution < 1.29 is 9.47 Å². The van der Waals surface area contributed by atoms with Crippen LogP contribution in [0.15, 0.2) is 42.5 Å². The summed E-state index contributed by atoms with van der Waals surface area (Å²) in [5, 5.41) is 4.11. The Morgan fingerprint density at radius 2 is 1.88 bits per heavy atom. The molecule has 2 aromatic rings. The molecule has 1 aliphatic heterocycles. The summed E-state index contributed by atoms with van der Waals surface area (Å²) in [5.41, 5.74) is 3.71. The highest BCUT2D eigenvalue weighted by atomic mass is 35.5. The Bertz CT molecular complexity index is 682. The third-order valence-electron chi connectivity index (χ3n) is 4.52. The SMILES string of the molecule is Cc1cccc(Cl)c1OCCNCc1cccc(CN2CCOCC2)c1. The van der Waals surface area contributed by atoms with Gasteiger partial charge in [-0.25, -0.2) is 0 Å². The molecule has 1 saturated heterocycles. The average molecular weight is 375 g/mol. The van der Waals surface area contributed by atoms with E-state index in [2.05, 4.69) is 34.5 Å². The molecule has 1 N–H and O–H groups in total. The molecule has 0 aliphatic carbocycles. The Morgan fingerprint density at radius 1 is 1.12 bits per heavy atom. The number of nitrogens with one attached hydrogen (secondary N) is 1. The number of halogens is 1. The summed E-state index contributed by atoms with van der Waals surface area (Å²) in [5.74, 6) is 0.781. The van der Waals surface area contributed by atoms with Crippen molar-refractivity contribution in [1.29, 1.82) is 0 Å². The van der Waals surface area contributed by atoms with Gasteiger partial charge in [-0.15, -0.1) is 0 Å². The third-order valence-corrected chi connectivity index (χ3v) is 4.82. The highest BCUT2D eigenvalue weighted by molar-refractivity contribution is 6.32. The van der Waals surface area contributed by atoms with Crippen molar-refractivity contribution >= 4 is 11.6 Å². The topological polar surface area (TPSA) is 33.7 Å². The smallest absolute Gasteiger partial charge is 0.140 e. The number of ether oxygens (including phenoxy) is 2. The molecule has 0 radical (unpaired) electrons. The minimum atomic E-state index is 0.595. The van der Waals surface area contributed by atoms with Crippen LogP contribution in [0.2, 0.25) is 5.02 Å². The van der Waals surface area contributed by atoms with Gasteiger partial charge in [-0.05, 0) is 29.7 Å². The van der Waals surface area contributed by atoms with Gasteiger partial charge in [-0.2, -0.15) is 0 Å². The van der Waals surface area contributed by atoms with E-state index in [1.54, 1.807) is 0 Å². The molecule has 0 bridgehead atoms. The molecule has 4 nitrogen and oxygen atoms in total. The molecule has 0 amide bonds. The monoisotopic (exact) mass is 374 g/mol. The first-order valence-corrected chi connectivity index (χ1v) is 9.57. The van der Waals surface area contributed by atoms with E-state index < -0.39 is 0 Å². The van der Waals surface area contributed by atoms with Crippen molar-refractivity contribution in [3.05, 3.63) is 64.2 Å². The number of hydrogen-bond acceptors (Lipinski definition) is 4. The lowest BCUT2D eigenvalue weighted by Gasteiger charge is -2.26. The average Bonchev–Trinajstić information content (AvgIpc) is 2.65. The summed E-state index contributed by atoms with van der Waals surface area (Å²) in [6, 6.07) is 14.6. The van der Waals surface area contributed by atoms with Crippen molar-refractivity contribution in [2.75, 3.05) is 39.5 Å². The summed E-state index contributed by atoms with van der Waals surface area (Å²) in [4.78, 5) is 2.44. The van der Waals surface area contributed by atoms with Crippen LogP contribution in [0.3, 0.4) is 0 Å². The van der Waals surface area contributed by atoms with Gasteiger partial charge in [0.2, 0.25) is 0 Å². The molecule has 0 saturated carbocycles. The van der Waals surface area contributed by atoms with E-state index in [0.717, 1.165) is 57.3 Å². The number of rotatable bonds is 8. The first kappa shape index (κ1) is 19.2. The van der Waals surface area contributed by atoms with E-state index in [1.807, 2.05) is 25.1 Å². The second kappa shape index (κ2) is 9.93. The third kappa shape index (κ3) is 5.71. The van der Waals surface area contributed by atoms with Crippen molar-refractivity contribution in [2.45, 2.75) is 20.0 Å². The quantitative estimate of drug-likeness (QED) is 0.715. The number of nitrogens with zero attached hydrogens (tertiary/aromatic N) is 1. The molecule has 26 heavy (non-hydrogen) atoms. The second-order valence-corrected chi connectivity index (χ2v) is 7.03. The lowest BCUT2D eigenvalue weighted by molar-refractivity contribution is 0.0342. The fourth-order valence-electron chi connectivity index (χ4n) is 3.11. The molecule has 0 atom stereocenters. The van der Waals surface area contributed by atoms with Crippen LogP contribution in [0.4, 0.5) is 0 Å². The summed E-state index contributed by atoms with van der Waals surface area (Å²) in [6.45, 7) is 8.92. The molecule has 2 aromatic carbocycles. The van der Waals surface area contributed by atoms with E-state index >= 15 is 0 Å². The number of benzene rings is 2. The molecule has 0 aromatic heterocycles. The Kier molecular flexibility index (Phi) is 7.32. The highest BCUT2D eigenvalue weighted by Gasteiger charge is 2.10. The van der Waals surface area contributed by atoms with Gasteiger partial charge in [0, 0.05) is 32.7 Å². The number of para-hydroxylation sites is 1. The summed E-state index contributed by atoms with van der Waals surface area (Å²) in [7, 11) is 0. The zero-order valence-electron chi connectivity index (χ0n) is 15.3. The van der Waals surface area contributed by atoms with E-state index in [4.69, 9.17) is 21.1 Å². The highest BCUT2D eigenvalue weighted by Crippen LogP contribution is 2.27. The maximum Gasteiger partial charge on any atom is 0.140 e. The molecule has 1 fully saturated rings. The van der Waals surface area contributed by atoms with Gasteiger partial charge >= 0.3 is 0 Å². The zero-order chi connectivity index (χ0) is 18.2. The van der Waals surface area contributed by atoms with E-state index in [1.165, 1.54) is 11.1 Å². The number of aryl methyl sites for hydroxylation is 1. The van der Waals surface area contributed by atoms with Crippen LogP contribution in [-0.4, -0.2) is 44.4 Å². The Balaban J connectivity index is 1.41. The fraction of sp³-hybridized carbons (Fsp3) is 0.429. The Labute approximate surface area is 161 Å². The molecule has 140 valence electrons. The van der Waals surface area contributed by atoms with Crippen LogP contribution in [-0.2, 0) is 17.8 Å². The van der Waals surface area contributed by atoms with Crippen LogP contribution in [0.1, 0.15) is 16.7 Å². The zero-order valence-corrected chi connectivity index (χ0v) is 16.1. The van der Waals surface area contributed by atoms with Gasteiger partial charge in [-0.1, -0.05) is 48.0 Å². The van der Waals surface area contributed by atoms with Gasteiger partial charge < -0.3 is 14.8 Å². The van der Waals surface area contributed by atoms with Gasteiger partial charge in [-0.3, -0.25) is 4.90 Å². The first-order valence-electron chi connectivity index (χ1n) is 9.19. The number of hydrogen-bond donors (Lipinski definition) is 1. The van der Waals surface area contributed by atoms with E-state index in [0.29, 0.717) is 11.6 Å². The predicted octanol–water partition coefficient (Wildman–Crippen LogP) is 3.65. The lowest BCUT2D eigenvalue weighted by atomic mass is 10.1.